The quantitative estimate of drug-likeness (QED) is 0.0604. The molecule has 0 saturated carbocycles. The minimum atomic E-state index is 0.551. The van der Waals surface area contributed by atoms with E-state index in [9.17, 15) is 0 Å². The number of aryl methyl sites for hydroxylation is 12. The van der Waals surface area contributed by atoms with Gasteiger partial charge in [0.15, 0.2) is 0 Å². The number of nitrogens with zero attached hydrogens (tertiary/aromatic N) is 10. The van der Waals surface area contributed by atoms with Crippen LogP contribution in [0, 0.1) is 83.1 Å². The molecule has 0 fully saturated rings. The van der Waals surface area contributed by atoms with E-state index in [0.717, 1.165) is 178 Å². The van der Waals surface area contributed by atoms with Crippen LogP contribution in [-0.4, -0.2) is 49.8 Å². The maximum absolute atomic E-state index is 6.14. The van der Waals surface area contributed by atoms with Crippen LogP contribution in [0.15, 0.2) is 375 Å². The van der Waals surface area contributed by atoms with Gasteiger partial charge in [0.25, 0.3) is 0 Å². The molecule has 16 aromatic carbocycles. The number of anilines is 6. The summed E-state index contributed by atoms with van der Waals surface area (Å²) in [5.41, 5.74) is 22.0. The topological polar surface area (TPSA) is 220 Å². The Morgan fingerprint density at radius 3 is 0.978 bits per heavy atom. The van der Waals surface area contributed by atoms with Gasteiger partial charge in [-0.25, -0.2) is 49.8 Å². The highest BCUT2D eigenvalue weighted by molar-refractivity contribution is 7.99. The number of benzene rings is 16. The van der Waals surface area contributed by atoms with E-state index in [-0.39, 0.29) is 0 Å². The molecular formula is C116H99N13O6S. The smallest absolute Gasteiger partial charge is 0.230 e. The summed E-state index contributed by atoms with van der Waals surface area (Å²) in [5, 5.41) is 18.5. The Balaban J connectivity index is 0.000000118. The molecule has 136 heavy (non-hydrogen) atoms. The Morgan fingerprint density at radius 1 is 0.199 bits per heavy atom. The summed E-state index contributed by atoms with van der Waals surface area (Å²) in [4.78, 5) is 45.3. The van der Waals surface area contributed by atoms with Gasteiger partial charge in [-0.05, 0) is 368 Å². The highest BCUT2D eigenvalue weighted by atomic mass is 32.2. The van der Waals surface area contributed by atoms with Gasteiger partial charge < -0.3 is 44.4 Å². The van der Waals surface area contributed by atoms with Crippen molar-refractivity contribution < 1.29 is 28.4 Å². The van der Waals surface area contributed by atoms with Gasteiger partial charge in [0.1, 0.15) is 117 Å². The number of fused-ring (bicyclic) bond motifs is 6. The fourth-order valence-corrected chi connectivity index (χ4v) is 15.9. The molecule has 0 saturated heterocycles. The highest BCUT2D eigenvalue weighted by Gasteiger charge is 2.18. The number of para-hydroxylation sites is 5. The second kappa shape index (κ2) is 42.5. The first-order chi connectivity index (χ1) is 66.3. The number of aromatic nitrogens is 10. The van der Waals surface area contributed by atoms with Crippen molar-refractivity contribution in [2.75, 3.05) is 16.0 Å². The summed E-state index contributed by atoms with van der Waals surface area (Å²) in [6.45, 7) is 25.1. The van der Waals surface area contributed by atoms with Crippen LogP contribution in [0.4, 0.5) is 34.5 Å². The van der Waals surface area contributed by atoms with Crippen molar-refractivity contribution in [3.8, 4) is 69.1 Å². The van der Waals surface area contributed by atoms with Crippen LogP contribution in [-0.2, 0) is 0 Å². The van der Waals surface area contributed by atoms with Crippen LogP contribution < -0.4 is 44.4 Å². The molecular weight excluding hydrogens is 1700 g/mol. The van der Waals surface area contributed by atoms with E-state index in [1.54, 1.807) is 37.1 Å². The van der Waals surface area contributed by atoms with Crippen LogP contribution >= 0.6 is 11.8 Å². The molecule has 0 spiro atoms. The minimum Gasteiger partial charge on any atom is -0.457 e. The normalized spacial score (nSPS) is 10.8. The van der Waals surface area contributed by atoms with Gasteiger partial charge in [-0.3, -0.25) is 0 Å². The van der Waals surface area contributed by atoms with E-state index in [2.05, 4.69) is 233 Å². The third-order valence-electron chi connectivity index (χ3n) is 23.2. The lowest BCUT2D eigenvalue weighted by Gasteiger charge is -2.15. The average molecular weight is 1800 g/mol. The van der Waals surface area contributed by atoms with Crippen molar-refractivity contribution in [2.45, 2.75) is 93.0 Å². The molecule has 3 N–H and O–H groups in total. The monoisotopic (exact) mass is 1800 g/mol. The molecule has 0 unspecified atom stereocenters. The molecule has 670 valence electrons. The van der Waals surface area contributed by atoms with E-state index in [1.165, 1.54) is 62.0 Å². The van der Waals surface area contributed by atoms with E-state index in [4.69, 9.17) is 28.4 Å². The van der Waals surface area contributed by atoms with Crippen molar-refractivity contribution >= 4 is 112 Å². The maximum atomic E-state index is 6.14. The fourth-order valence-electron chi connectivity index (χ4n) is 15.0. The molecule has 0 aliphatic carbocycles. The second-order valence-corrected chi connectivity index (χ2v) is 34.1. The number of rotatable bonds is 20. The van der Waals surface area contributed by atoms with Gasteiger partial charge >= 0.3 is 0 Å². The fraction of sp³-hybridized carbons (Fsp3) is 0.103. The summed E-state index contributed by atoms with van der Waals surface area (Å²) in [6.07, 6.45) is 7.96. The zero-order valence-corrected chi connectivity index (χ0v) is 78.3. The van der Waals surface area contributed by atoms with Gasteiger partial charge in [0, 0.05) is 54.3 Å². The number of hydrogen-bond donors (Lipinski definition) is 3. The van der Waals surface area contributed by atoms with Gasteiger partial charge in [0.2, 0.25) is 5.88 Å². The molecule has 0 aliphatic rings. The van der Waals surface area contributed by atoms with Gasteiger partial charge in [-0.15, -0.1) is 0 Å². The van der Waals surface area contributed by atoms with Crippen molar-refractivity contribution in [1.82, 2.24) is 49.8 Å². The average Bonchev–Trinajstić information content (AvgIpc) is 0.785. The Labute approximate surface area is 794 Å². The lowest BCUT2D eigenvalue weighted by atomic mass is 10.1. The van der Waals surface area contributed by atoms with E-state index in [0.29, 0.717) is 11.6 Å². The number of ether oxygens (including phenoxy) is 6. The van der Waals surface area contributed by atoms with E-state index in [1.807, 2.05) is 250 Å². The molecule has 21 rings (SSSR count). The molecule has 0 amide bonds. The summed E-state index contributed by atoms with van der Waals surface area (Å²) in [5.74, 6) is 11.8. The maximum Gasteiger partial charge on any atom is 0.230 e. The van der Waals surface area contributed by atoms with E-state index >= 15 is 0 Å². The zero-order valence-electron chi connectivity index (χ0n) is 77.5. The van der Waals surface area contributed by atoms with Crippen molar-refractivity contribution in [3.63, 3.8) is 0 Å². The van der Waals surface area contributed by atoms with Crippen LogP contribution in [0.25, 0.3) is 65.3 Å². The van der Waals surface area contributed by atoms with Crippen molar-refractivity contribution in [3.05, 3.63) is 432 Å². The predicted octanol–water partition coefficient (Wildman–Crippen LogP) is 31.1. The molecule has 5 aromatic heterocycles. The molecule has 20 heteroatoms. The largest absolute Gasteiger partial charge is 0.457 e. The van der Waals surface area contributed by atoms with E-state index < -0.39 is 0 Å². The van der Waals surface area contributed by atoms with Gasteiger partial charge in [-0.1, -0.05) is 127 Å². The molecule has 21 aromatic rings. The molecule has 0 bridgehead atoms. The highest BCUT2D eigenvalue weighted by Crippen LogP contribution is 2.41. The Hall–Kier alpha value is -17.0. The first kappa shape index (κ1) is 90.9. The predicted molar refractivity (Wildman–Crippen MR) is 551 cm³/mol. The van der Waals surface area contributed by atoms with Crippen LogP contribution in [0.3, 0.4) is 0 Å². The third-order valence-corrected chi connectivity index (χ3v) is 24.2. The Bertz CT molecular complexity index is 7640. The minimum absolute atomic E-state index is 0.551. The lowest BCUT2D eigenvalue weighted by Crippen LogP contribution is -1.99. The summed E-state index contributed by atoms with van der Waals surface area (Å²) in [6, 6.07) is 110. The molecule has 0 atom stereocenters. The first-order valence-corrected chi connectivity index (χ1v) is 45.4. The van der Waals surface area contributed by atoms with Crippen LogP contribution in [0.2, 0.25) is 0 Å². The number of nitrogens with one attached hydrogen (secondary N) is 3. The number of hydrogen-bond acceptors (Lipinski definition) is 20. The second-order valence-electron chi connectivity index (χ2n) is 33.0. The van der Waals surface area contributed by atoms with Crippen molar-refractivity contribution in [1.29, 1.82) is 0 Å². The Kier molecular flexibility index (Phi) is 28.4. The van der Waals surface area contributed by atoms with Crippen molar-refractivity contribution in [2.24, 2.45) is 0 Å². The van der Waals surface area contributed by atoms with Crippen LogP contribution in [0.1, 0.15) is 66.8 Å². The first-order valence-electron chi connectivity index (χ1n) is 44.6. The standard InChI is InChI=1S/C26H21N3O.2C23H21N3O.C22H18N2O2.C22H18N2OS/c1-17-14-22-24(15-18(17)2)27-16-28-26(22)29-23-12-13-25(21-11-7-6-10-20(21)23)30-19-8-4-3-5-9-19;1-15-12-20-21(13-16(15)2)24-14-25-23(20)26-18-9-10-22(17(3)11-18)27-19-7-5-4-6-8-19;1-15-12-20-22(13-16(15)2)24-14-25-23(20)26-21-10-9-19(11-17(21)3)27-18-7-5-4-6-8-18;2*1-15-12-20-21(13-16(15)2)23-14-24-22(20)26-19-10-8-18(9-11-19)25-17-6-4-3-5-7-17/h3-16H,1-2H3,(H,27,28,29);2*4-14H,1-3H3,(H,24,25,26);2*3-14H,1-2H3. The zero-order chi connectivity index (χ0) is 94.0. The van der Waals surface area contributed by atoms with Crippen LogP contribution in [0.5, 0.6) is 69.1 Å². The SMILES string of the molecule is Cc1cc2ncnc(Nc3ccc(Oc4ccccc4)c(C)c3)c2cc1C.Cc1cc2ncnc(Nc3ccc(Oc4ccccc4)c4ccccc34)c2cc1C.Cc1cc2ncnc(Nc3ccc(Oc4ccccc4)cc3C)c2cc1C.Cc1cc2ncnc(Oc3ccc(Oc4ccccc4)cc3)c2cc1C.Cc1cc2ncnc(Sc3ccc(Oc4ccccc4)cc3)c2cc1C. The Morgan fingerprint density at radius 2 is 0.522 bits per heavy atom. The summed E-state index contributed by atoms with van der Waals surface area (Å²) in [7, 11) is 0. The lowest BCUT2D eigenvalue weighted by molar-refractivity contribution is 0.460. The third kappa shape index (κ3) is 22.8. The molecule has 19 nitrogen and oxygen atoms in total. The molecule has 0 radical (unpaired) electrons. The summed E-state index contributed by atoms with van der Waals surface area (Å²) >= 11 is 1.64. The van der Waals surface area contributed by atoms with Gasteiger partial charge in [0.05, 0.1) is 33.0 Å². The molecule has 0 aliphatic heterocycles. The summed E-state index contributed by atoms with van der Waals surface area (Å²) < 4.78 is 35.6. The molecule has 5 heterocycles. The van der Waals surface area contributed by atoms with Gasteiger partial charge in [-0.2, -0.15) is 0 Å².